The first kappa shape index (κ1) is 21.8. The summed E-state index contributed by atoms with van der Waals surface area (Å²) in [4.78, 5) is 4.02. The Bertz CT molecular complexity index is 914. The van der Waals surface area contributed by atoms with Gasteiger partial charge in [0, 0.05) is 32.2 Å². The second-order valence-corrected chi connectivity index (χ2v) is 6.62. The Morgan fingerprint density at radius 1 is 0.867 bits per heavy atom. The van der Waals surface area contributed by atoms with E-state index in [1.165, 1.54) is 0 Å². The number of rotatable bonds is 10. The van der Waals surface area contributed by atoms with Crippen LogP contribution in [0.4, 0.5) is 0 Å². The van der Waals surface area contributed by atoms with E-state index in [0.717, 1.165) is 5.56 Å². The van der Waals surface area contributed by atoms with Crippen LogP contribution in [-0.4, -0.2) is 30.9 Å². The molecular weight excluding hydrogens is 382 g/mol. The van der Waals surface area contributed by atoms with E-state index in [-0.39, 0.29) is 0 Å². The molecule has 3 aromatic rings. The molecule has 6 heteroatoms. The predicted octanol–water partition coefficient (Wildman–Crippen LogP) is 4.43. The van der Waals surface area contributed by atoms with Crippen molar-refractivity contribution >= 4 is 0 Å². The Balaban J connectivity index is 2.03. The van der Waals surface area contributed by atoms with Gasteiger partial charge in [0.1, 0.15) is 12.7 Å². The zero-order valence-electron chi connectivity index (χ0n) is 17.4. The SMILES string of the molecule is CCOc1cc(C(O)c2ccncc2)c(C(OC)OC)cc1OCc1ccccc1. The van der Waals surface area contributed by atoms with Crippen molar-refractivity contribution in [2.75, 3.05) is 20.8 Å². The molecule has 0 saturated carbocycles. The predicted molar refractivity (Wildman–Crippen MR) is 113 cm³/mol. The fraction of sp³-hybridized carbons (Fsp3) is 0.292. The number of pyridine rings is 1. The highest BCUT2D eigenvalue weighted by molar-refractivity contribution is 5.50. The molecule has 0 bridgehead atoms. The third-order valence-electron chi connectivity index (χ3n) is 4.68. The van der Waals surface area contributed by atoms with Crippen molar-refractivity contribution in [2.24, 2.45) is 0 Å². The lowest BCUT2D eigenvalue weighted by Gasteiger charge is -2.24. The largest absolute Gasteiger partial charge is 0.490 e. The van der Waals surface area contributed by atoms with Gasteiger partial charge < -0.3 is 24.1 Å². The summed E-state index contributed by atoms with van der Waals surface area (Å²) in [5.41, 5.74) is 3.02. The monoisotopic (exact) mass is 409 g/mol. The summed E-state index contributed by atoms with van der Waals surface area (Å²) in [5.74, 6) is 1.10. The Kier molecular flexibility index (Phi) is 7.79. The summed E-state index contributed by atoms with van der Waals surface area (Å²) in [6, 6.07) is 17.0. The Morgan fingerprint density at radius 3 is 2.13 bits per heavy atom. The Morgan fingerprint density at radius 2 is 1.50 bits per heavy atom. The number of nitrogens with zero attached hydrogens (tertiary/aromatic N) is 1. The highest BCUT2D eigenvalue weighted by atomic mass is 16.7. The molecule has 1 unspecified atom stereocenters. The first-order chi connectivity index (χ1) is 14.7. The van der Waals surface area contributed by atoms with Gasteiger partial charge in [0.25, 0.3) is 0 Å². The van der Waals surface area contributed by atoms with Crippen molar-refractivity contribution < 1.29 is 24.1 Å². The molecule has 1 atom stereocenters. The number of methoxy groups -OCH3 is 2. The number of hydrogen-bond acceptors (Lipinski definition) is 6. The molecule has 3 rings (SSSR count). The average molecular weight is 409 g/mol. The van der Waals surface area contributed by atoms with Gasteiger partial charge in [-0.25, -0.2) is 0 Å². The fourth-order valence-corrected chi connectivity index (χ4v) is 3.22. The molecular formula is C24H27NO5. The van der Waals surface area contributed by atoms with Crippen LogP contribution in [0.25, 0.3) is 0 Å². The third kappa shape index (κ3) is 5.16. The first-order valence-electron chi connectivity index (χ1n) is 9.78. The van der Waals surface area contributed by atoms with Crippen molar-refractivity contribution in [1.29, 1.82) is 0 Å². The minimum absolute atomic E-state index is 0.386. The van der Waals surface area contributed by atoms with E-state index < -0.39 is 12.4 Å². The molecule has 0 aliphatic heterocycles. The summed E-state index contributed by atoms with van der Waals surface area (Å²) in [6.07, 6.45) is 1.70. The third-order valence-corrected chi connectivity index (χ3v) is 4.68. The normalized spacial score (nSPS) is 12.0. The first-order valence-corrected chi connectivity index (χ1v) is 9.78. The second-order valence-electron chi connectivity index (χ2n) is 6.62. The summed E-state index contributed by atoms with van der Waals surface area (Å²) in [6.45, 7) is 2.75. The topological polar surface area (TPSA) is 70.0 Å². The minimum Gasteiger partial charge on any atom is -0.490 e. The fourth-order valence-electron chi connectivity index (χ4n) is 3.22. The molecule has 1 aromatic heterocycles. The van der Waals surface area contributed by atoms with E-state index in [4.69, 9.17) is 18.9 Å². The van der Waals surface area contributed by atoms with Crippen LogP contribution < -0.4 is 9.47 Å². The lowest BCUT2D eigenvalue weighted by molar-refractivity contribution is -0.107. The number of benzene rings is 2. The van der Waals surface area contributed by atoms with Gasteiger partial charge in [0.05, 0.1) is 6.61 Å². The van der Waals surface area contributed by atoms with E-state index in [1.54, 1.807) is 44.8 Å². The van der Waals surface area contributed by atoms with Crippen LogP contribution in [0, 0.1) is 0 Å². The van der Waals surface area contributed by atoms with Crippen LogP contribution in [0.2, 0.25) is 0 Å². The van der Waals surface area contributed by atoms with E-state index >= 15 is 0 Å². The van der Waals surface area contributed by atoms with Crippen molar-refractivity contribution in [1.82, 2.24) is 4.98 Å². The van der Waals surface area contributed by atoms with Crippen LogP contribution in [0.1, 0.15) is 41.6 Å². The molecule has 0 saturated heterocycles. The van der Waals surface area contributed by atoms with E-state index in [2.05, 4.69) is 4.98 Å². The van der Waals surface area contributed by atoms with Gasteiger partial charge in [-0.2, -0.15) is 0 Å². The van der Waals surface area contributed by atoms with Gasteiger partial charge >= 0.3 is 0 Å². The molecule has 158 valence electrons. The maximum atomic E-state index is 11.1. The standard InChI is InChI=1S/C24H27NO5/c1-4-29-21-14-19(23(26)18-10-12-25-13-11-18)20(24(27-2)28-3)15-22(21)30-16-17-8-6-5-7-9-17/h5-15,23-24,26H,4,16H2,1-3H3. The molecule has 0 radical (unpaired) electrons. The van der Waals surface area contributed by atoms with Gasteiger partial charge in [-0.05, 0) is 47.9 Å². The lowest BCUT2D eigenvalue weighted by Crippen LogP contribution is -2.12. The molecule has 2 aromatic carbocycles. The van der Waals surface area contributed by atoms with Gasteiger partial charge in [0.2, 0.25) is 0 Å². The minimum atomic E-state index is -0.904. The number of aliphatic hydroxyl groups is 1. The maximum absolute atomic E-state index is 11.1. The molecule has 0 amide bonds. The summed E-state index contributed by atoms with van der Waals surface area (Å²) >= 11 is 0. The van der Waals surface area contributed by atoms with Crippen LogP contribution >= 0.6 is 0 Å². The van der Waals surface area contributed by atoms with Crippen molar-refractivity contribution in [3.8, 4) is 11.5 Å². The van der Waals surface area contributed by atoms with Gasteiger partial charge in [-0.3, -0.25) is 4.98 Å². The molecule has 0 aliphatic rings. The summed E-state index contributed by atoms with van der Waals surface area (Å²) in [7, 11) is 3.11. The smallest absolute Gasteiger partial charge is 0.183 e. The number of aromatic nitrogens is 1. The highest BCUT2D eigenvalue weighted by Crippen LogP contribution is 2.39. The van der Waals surface area contributed by atoms with Gasteiger partial charge in [0.15, 0.2) is 17.8 Å². The quantitative estimate of drug-likeness (QED) is 0.500. The van der Waals surface area contributed by atoms with Crippen molar-refractivity contribution in [3.63, 3.8) is 0 Å². The van der Waals surface area contributed by atoms with Gasteiger partial charge in [-0.1, -0.05) is 30.3 Å². The van der Waals surface area contributed by atoms with Crippen LogP contribution in [-0.2, 0) is 16.1 Å². The zero-order chi connectivity index (χ0) is 21.3. The second kappa shape index (κ2) is 10.7. The number of hydrogen-bond donors (Lipinski definition) is 1. The molecule has 1 heterocycles. The van der Waals surface area contributed by atoms with Gasteiger partial charge in [-0.15, -0.1) is 0 Å². The van der Waals surface area contributed by atoms with Crippen molar-refractivity contribution in [2.45, 2.75) is 25.9 Å². The summed E-state index contributed by atoms with van der Waals surface area (Å²) < 4.78 is 22.9. The molecule has 6 nitrogen and oxygen atoms in total. The van der Waals surface area contributed by atoms with Crippen LogP contribution in [0.15, 0.2) is 67.0 Å². The Labute approximate surface area is 177 Å². The van der Waals surface area contributed by atoms with E-state index in [9.17, 15) is 5.11 Å². The molecule has 1 N–H and O–H groups in total. The molecule has 0 fully saturated rings. The zero-order valence-corrected chi connectivity index (χ0v) is 17.4. The average Bonchev–Trinajstić information content (AvgIpc) is 2.80. The van der Waals surface area contributed by atoms with E-state index in [0.29, 0.717) is 41.4 Å². The molecule has 30 heavy (non-hydrogen) atoms. The van der Waals surface area contributed by atoms with Crippen LogP contribution in [0.3, 0.4) is 0 Å². The molecule has 0 aliphatic carbocycles. The van der Waals surface area contributed by atoms with E-state index in [1.807, 2.05) is 43.3 Å². The maximum Gasteiger partial charge on any atom is 0.183 e. The summed E-state index contributed by atoms with van der Waals surface area (Å²) in [5, 5.41) is 11.1. The number of aliphatic hydroxyl groups excluding tert-OH is 1. The number of ether oxygens (including phenoxy) is 4. The highest BCUT2D eigenvalue weighted by Gasteiger charge is 2.24. The Hall–Kier alpha value is -2.93. The van der Waals surface area contributed by atoms with Crippen LogP contribution in [0.5, 0.6) is 11.5 Å². The van der Waals surface area contributed by atoms with Crippen molar-refractivity contribution in [3.05, 3.63) is 89.2 Å². The molecule has 0 spiro atoms. The lowest BCUT2D eigenvalue weighted by atomic mass is 9.96.